The number of carbonyl (C=O) groups excluding carboxylic acids is 1. The maximum Gasteiger partial charge on any atom is 0.251 e. The van der Waals surface area contributed by atoms with E-state index in [-0.39, 0.29) is 5.91 Å². The number of aromatic nitrogens is 1. The van der Waals surface area contributed by atoms with E-state index < -0.39 is 0 Å². The molecule has 0 saturated heterocycles. The molecule has 0 unspecified atom stereocenters. The number of pyridine rings is 1. The molecule has 19 heavy (non-hydrogen) atoms. The summed E-state index contributed by atoms with van der Waals surface area (Å²) in [7, 11) is 3.91. The van der Waals surface area contributed by atoms with Gasteiger partial charge in [-0.1, -0.05) is 0 Å². The Morgan fingerprint density at radius 2 is 2.21 bits per heavy atom. The fraction of sp³-hybridized carbons (Fsp3) is 0.571. The quantitative estimate of drug-likeness (QED) is 0.810. The predicted octanol–water partition coefficient (Wildman–Crippen LogP) is 1.26. The van der Waals surface area contributed by atoms with Crippen LogP contribution in [0.1, 0.15) is 28.9 Å². The zero-order valence-electron chi connectivity index (χ0n) is 11.9. The number of carbonyl (C=O) groups is 1. The topological polar surface area (TPSA) is 57.3 Å². The molecule has 0 bridgehead atoms. The molecule has 1 aliphatic carbocycles. The molecule has 0 radical (unpaired) electrons. The van der Waals surface area contributed by atoms with Gasteiger partial charge in [0.05, 0.1) is 0 Å². The minimum atomic E-state index is -0.0359. The Balaban J connectivity index is 1.86. The summed E-state index contributed by atoms with van der Waals surface area (Å²) in [5.74, 6) is 0.687. The Morgan fingerprint density at radius 1 is 1.47 bits per heavy atom. The zero-order chi connectivity index (χ0) is 13.8. The number of hydrogen-bond donors (Lipinski definition) is 2. The van der Waals surface area contributed by atoms with Gasteiger partial charge in [-0.25, -0.2) is 4.98 Å². The van der Waals surface area contributed by atoms with Crippen molar-refractivity contribution in [3.63, 3.8) is 0 Å². The molecule has 5 heteroatoms. The van der Waals surface area contributed by atoms with Gasteiger partial charge in [0.15, 0.2) is 0 Å². The normalized spacial score (nSPS) is 14.5. The van der Waals surface area contributed by atoms with Crippen molar-refractivity contribution >= 4 is 11.7 Å². The van der Waals surface area contributed by atoms with Crippen molar-refractivity contribution in [2.24, 2.45) is 0 Å². The first-order valence-electron chi connectivity index (χ1n) is 6.75. The molecular weight excluding hydrogens is 240 g/mol. The molecular formula is C14H22N4O. The Kier molecular flexibility index (Phi) is 4.37. The number of rotatable bonds is 6. The molecule has 5 nitrogen and oxygen atoms in total. The van der Waals surface area contributed by atoms with Crippen molar-refractivity contribution in [1.82, 2.24) is 15.2 Å². The second-order valence-corrected chi connectivity index (χ2v) is 5.10. The van der Waals surface area contributed by atoms with Crippen LogP contribution in [0.2, 0.25) is 0 Å². The highest BCUT2D eigenvalue weighted by Gasteiger charge is 2.25. The van der Waals surface area contributed by atoms with Crippen LogP contribution >= 0.6 is 0 Å². The summed E-state index contributed by atoms with van der Waals surface area (Å²) in [6, 6.07) is 4.31. The van der Waals surface area contributed by atoms with Gasteiger partial charge in [-0.05, 0) is 38.9 Å². The van der Waals surface area contributed by atoms with Crippen LogP contribution in [0.3, 0.4) is 0 Å². The maximum absolute atomic E-state index is 12.0. The molecule has 0 atom stereocenters. The van der Waals surface area contributed by atoms with E-state index in [0.717, 1.165) is 24.1 Å². The first kappa shape index (κ1) is 13.8. The van der Waals surface area contributed by atoms with E-state index in [9.17, 15) is 4.79 Å². The number of amides is 1. The van der Waals surface area contributed by atoms with Crippen molar-refractivity contribution < 1.29 is 4.79 Å². The van der Waals surface area contributed by atoms with Crippen LogP contribution in [0.15, 0.2) is 12.1 Å². The smallest absolute Gasteiger partial charge is 0.251 e. The van der Waals surface area contributed by atoms with Gasteiger partial charge in [-0.2, -0.15) is 0 Å². The van der Waals surface area contributed by atoms with Crippen LogP contribution in [0.5, 0.6) is 0 Å². The molecule has 1 fully saturated rings. The first-order valence-corrected chi connectivity index (χ1v) is 6.75. The standard InChI is InChI=1S/C14H22N4O/c1-10-8-11(9-13(15-2)17-10)14(19)16-6-7-18(3)12-4-5-12/h8-9,12H,4-7H2,1-3H3,(H,15,17)(H,16,19). The largest absolute Gasteiger partial charge is 0.373 e. The van der Waals surface area contributed by atoms with Crippen LogP contribution in [-0.4, -0.2) is 49.0 Å². The van der Waals surface area contributed by atoms with Crippen LogP contribution in [0, 0.1) is 6.92 Å². The van der Waals surface area contributed by atoms with Crippen molar-refractivity contribution in [2.75, 3.05) is 32.5 Å². The van der Waals surface area contributed by atoms with Crippen molar-refractivity contribution in [3.8, 4) is 0 Å². The molecule has 1 heterocycles. The summed E-state index contributed by atoms with van der Waals surface area (Å²) in [6.07, 6.45) is 2.58. The number of nitrogens with one attached hydrogen (secondary N) is 2. The van der Waals surface area contributed by atoms with Gasteiger partial charge in [0.1, 0.15) is 5.82 Å². The summed E-state index contributed by atoms with van der Waals surface area (Å²) in [4.78, 5) is 18.6. The molecule has 104 valence electrons. The molecule has 0 aliphatic heterocycles. The van der Waals surface area contributed by atoms with E-state index in [1.54, 1.807) is 19.2 Å². The van der Waals surface area contributed by atoms with Gasteiger partial charge in [-0.15, -0.1) is 0 Å². The molecule has 1 aromatic rings. The van der Waals surface area contributed by atoms with E-state index in [1.807, 2.05) is 6.92 Å². The number of likely N-dealkylation sites (N-methyl/N-ethyl adjacent to an activating group) is 1. The summed E-state index contributed by atoms with van der Waals surface area (Å²) in [5, 5.41) is 5.92. The van der Waals surface area contributed by atoms with E-state index in [1.165, 1.54) is 12.8 Å². The van der Waals surface area contributed by atoms with Gasteiger partial charge >= 0.3 is 0 Å². The third-order valence-electron chi connectivity index (χ3n) is 3.39. The van der Waals surface area contributed by atoms with E-state index in [2.05, 4.69) is 27.6 Å². The molecule has 0 aromatic carbocycles. The van der Waals surface area contributed by atoms with Crippen LogP contribution in [0.4, 0.5) is 5.82 Å². The Morgan fingerprint density at radius 3 is 2.84 bits per heavy atom. The van der Waals surface area contributed by atoms with Gasteiger partial charge < -0.3 is 15.5 Å². The fourth-order valence-electron chi connectivity index (χ4n) is 2.07. The average Bonchev–Trinajstić information content (AvgIpc) is 3.21. The summed E-state index contributed by atoms with van der Waals surface area (Å²) < 4.78 is 0. The summed E-state index contributed by atoms with van der Waals surface area (Å²) in [6.45, 7) is 3.47. The zero-order valence-corrected chi connectivity index (χ0v) is 11.9. The average molecular weight is 262 g/mol. The Bertz CT molecular complexity index is 457. The first-order chi connectivity index (χ1) is 9.10. The van der Waals surface area contributed by atoms with E-state index >= 15 is 0 Å². The van der Waals surface area contributed by atoms with Crippen molar-refractivity contribution in [2.45, 2.75) is 25.8 Å². The molecule has 1 aromatic heterocycles. The second-order valence-electron chi connectivity index (χ2n) is 5.10. The van der Waals surface area contributed by atoms with Crippen molar-refractivity contribution in [1.29, 1.82) is 0 Å². The Labute approximate surface area is 114 Å². The van der Waals surface area contributed by atoms with Crippen LogP contribution in [0.25, 0.3) is 0 Å². The minimum absolute atomic E-state index is 0.0359. The van der Waals surface area contributed by atoms with Gasteiger partial charge in [0.2, 0.25) is 0 Å². The third kappa shape index (κ3) is 3.92. The maximum atomic E-state index is 12.0. The monoisotopic (exact) mass is 262 g/mol. The van der Waals surface area contributed by atoms with Gasteiger partial charge in [0, 0.05) is 37.4 Å². The summed E-state index contributed by atoms with van der Waals surface area (Å²) >= 11 is 0. The lowest BCUT2D eigenvalue weighted by Crippen LogP contribution is -2.34. The highest BCUT2D eigenvalue weighted by molar-refractivity contribution is 5.94. The van der Waals surface area contributed by atoms with Gasteiger partial charge in [-0.3, -0.25) is 4.79 Å². The number of hydrogen-bond acceptors (Lipinski definition) is 4. The summed E-state index contributed by atoms with van der Waals surface area (Å²) in [5.41, 5.74) is 1.50. The third-order valence-corrected chi connectivity index (χ3v) is 3.39. The van der Waals surface area contributed by atoms with Crippen LogP contribution < -0.4 is 10.6 Å². The molecule has 1 saturated carbocycles. The lowest BCUT2D eigenvalue weighted by Gasteiger charge is -2.15. The molecule has 1 aliphatic rings. The number of nitrogens with zero attached hydrogens (tertiary/aromatic N) is 2. The SMILES string of the molecule is CNc1cc(C(=O)NCCN(C)C2CC2)cc(C)n1. The highest BCUT2D eigenvalue weighted by atomic mass is 16.1. The number of anilines is 1. The fourth-order valence-corrected chi connectivity index (χ4v) is 2.07. The predicted molar refractivity (Wildman–Crippen MR) is 76.5 cm³/mol. The lowest BCUT2D eigenvalue weighted by molar-refractivity contribution is 0.0949. The molecule has 1 amide bonds. The highest BCUT2D eigenvalue weighted by Crippen LogP contribution is 2.24. The minimum Gasteiger partial charge on any atom is -0.373 e. The molecule has 2 rings (SSSR count). The molecule has 0 spiro atoms. The van der Waals surface area contributed by atoms with E-state index in [0.29, 0.717) is 12.1 Å². The molecule has 2 N–H and O–H groups in total. The Hall–Kier alpha value is -1.62. The van der Waals surface area contributed by atoms with E-state index in [4.69, 9.17) is 0 Å². The lowest BCUT2D eigenvalue weighted by atomic mass is 10.2. The van der Waals surface area contributed by atoms with Gasteiger partial charge in [0.25, 0.3) is 5.91 Å². The van der Waals surface area contributed by atoms with Crippen LogP contribution in [-0.2, 0) is 0 Å². The number of aryl methyl sites for hydroxylation is 1. The second kappa shape index (κ2) is 6.02. The van der Waals surface area contributed by atoms with Crippen molar-refractivity contribution in [3.05, 3.63) is 23.4 Å².